The highest BCUT2D eigenvalue weighted by atomic mass is 35.5. The Kier molecular flexibility index (Phi) is 7.16. The van der Waals surface area contributed by atoms with Crippen molar-refractivity contribution in [3.63, 3.8) is 0 Å². The van der Waals surface area contributed by atoms with Crippen LogP contribution in [0.4, 0.5) is 9.18 Å². The third kappa shape index (κ3) is 6.61. The summed E-state index contributed by atoms with van der Waals surface area (Å²) in [6, 6.07) is 7.39. The first-order chi connectivity index (χ1) is 14.5. The van der Waals surface area contributed by atoms with E-state index in [0.29, 0.717) is 16.8 Å². The van der Waals surface area contributed by atoms with Gasteiger partial charge in [0.2, 0.25) is 6.54 Å². The van der Waals surface area contributed by atoms with E-state index in [0.717, 1.165) is 0 Å². The molecule has 1 aromatic heterocycles. The van der Waals surface area contributed by atoms with Crippen LogP contribution >= 0.6 is 11.6 Å². The lowest BCUT2D eigenvalue weighted by Gasteiger charge is -2.31. The molecule has 32 heavy (non-hydrogen) atoms. The average molecular weight is 467 g/mol. The summed E-state index contributed by atoms with van der Waals surface area (Å²) < 4.78 is 19.0. The van der Waals surface area contributed by atoms with Gasteiger partial charge in [-0.3, -0.25) is 15.1 Å². The van der Waals surface area contributed by atoms with E-state index < -0.39 is 40.1 Å². The maximum absolute atomic E-state index is 13.7. The molecule has 1 amide bonds. The summed E-state index contributed by atoms with van der Waals surface area (Å²) in [5.41, 5.74) is 4.86. The fourth-order valence-corrected chi connectivity index (χ4v) is 3.15. The number of hydrogen-bond donors (Lipinski definition) is 2. The number of nitrogens with zero attached hydrogens (tertiary/aromatic N) is 2. The van der Waals surface area contributed by atoms with Gasteiger partial charge in [0.05, 0.1) is 21.9 Å². The largest absolute Gasteiger partial charge is 0.444 e. The number of ether oxygens (including phenoxy) is 1. The molecule has 0 aliphatic heterocycles. The number of nitrogens with two attached hydrogens (primary N) is 1. The fourth-order valence-electron chi connectivity index (χ4n) is 2.97. The maximum atomic E-state index is 13.7. The summed E-state index contributed by atoms with van der Waals surface area (Å²) in [5, 5.41) is 13.9. The summed E-state index contributed by atoms with van der Waals surface area (Å²) >= 11 is 5.93. The molecule has 3 N–H and O–H groups in total. The molecule has 0 fully saturated rings. The van der Waals surface area contributed by atoms with Crippen LogP contribution in [0.1, 0.15) is 52.8 Å². The second-order valence-corrected chi connectivity index (χ2v) is 9.82. The number of halogens is 2. The number of aromatic nitrogens is 1. The predicted molar refractivity (Wildman–Crippen MR) is 120 cm³/mol. The number of rotatable bonds is 6. The van der Waals surface area contributed by atoms with E-state index in [1.54, 1.807) is 46.8 Å². The van der Waals surface area contributed by atoms with Crippen molar-refractivity contribution in [3.8, 4) is 11.3 Å². The van der Waals surface area contributed by atoms with Crippen molar-refractivity contribution in [2.75, 3.05) is 6.54 Å². The molecule has 1 atom stereocenters. The van der Waals surface area contributed by atoms with Gasteiger partial charge in [-0.05, 0) is 77.4 Å². The van der Waals surface area contributed by atoms with Crippen LogP contribution in [-0.4, -0.2) is 28.1 Å². The van der Waals surface area contributed by atoms with E-state index >= 15 is 0 Å². The molecular formula is C22H28ClFN4O4. The monoisotopic (exact) mass is 466 g/mol. The van der Waals surface area contributed by atoms with Gasteiger partial charge in [-0.25, -0.2) is 9.18 Å². The molecule has 2 rings (SSSR count). The predicted octanol–water partition coefficient (Wildman–Crippen LogP) is 4.75. The van der Waals surface area contributed by atoms with Crippen LogP contribution in [0.2, 0.25) is 5.02 Å². The first-order valence-corrected chi connectivity index (χ1v) is 10.3. The summed E-state index contributed by atoms with van der Waals surface area (Å²) in [6.45, 7) is 9.68. The van der Waals surface area contributed by atoms with E-state index in [1.165, 1.54) is 25.1 Å². The Bertz CT molecular complexity index is 1040. The van der Waals surface area contributed by atoms with Crippen molar-refractivity contribution in [3.05, 3.63) is 62.5 Å². The van der Waals surface area contributed by atoms with Gasteiger partial charge in [-0.1, -0.05) is 11.6 Å². The van der Waals surface area contributed by atoms with Gasteiger partial charge in [0.1, 0.15) is 17.0 Å². The second kappa shape index (κ2) is 8.99. The highest BCUT2D eigenvalue weighted by Crippen LogP contribution is 2.31. The molecule has 0 aliphatic rings. The van der Waals surface area contributed by atoms with Gasteiger partial charge in [-0.2, -0.15) is 0 Å². The molecule has 0 saturated carbocycles. The summed E-state index contributed by atoms with van der Waals surface area (Å²) in [4.78, 5) is 27.5. The zero-order valence-corrected chi connectivity index (χ0v) is 19.7. The Hall–Kier alpha value is -2.78. The van der Waals surface area contributed by atoms with Crippen LogP contribution in [0.25, 0.3) is 11.3 Å². The lowest BCUT2D eigenvalue weighted by molar-refractivity contribution is -0.490. The van der Waals surface area contributed by atoms with Crippen LogP contribution in [0.3, 0.4) is 0 Å². The quantitative estimate of drug-likeness (QED) is 0.468. The van der Waals surface area contributed by atoms with E-state index in [1.807, 2.05) is 0 Å². The fraction of sp³-hybridized carbons (Fsp3) is 0.455. The minimum atomic E-state index is -1.40. The highest BCUT2D eigenvalue weighted by Gasteiger charge is 2.33. The molecule has 1 aromatic carbocycles. The molecule has 0 aliphatic carbocycles. The van der Waals surface area contributed by atoms with Crippen molar-refractivity contribution >= 4 is 17.7 Å². The van der Waals surface area contributed by atoms with Gasteiger partial charge in [0, 0.05) is 10.5 Å². The van der Waals surface area contributed by atoms with Crippen molar-refractivity contribution < 1.29 is 18.8 Å². The number of alkyl carbamates (subject to hydrolysis) is 1. The van der Waals surface area contributed by atoms with Gasteiger partial charge in [0.15, 0.2) is 0 Å². The standard InChI is InChI=1S/C22H28ClFN4O4/c1-20(2,3)32-19(29)27-21(4,5)14-10-17(13-7-8-16(24)15(23)9-13)26-18(11-14)22(6,25)12-28(30)31/h7-11H,12,25H2,1-6H3,(H,27,29). The zero-order chi connectivity index (χ0) is 24.5. The number of pyridine rings is 1. The minimum absolute atomic E-state index is 0.0943. The SMILES string of the molecule is CC(C)(C)OC(=O)NC(C)(C)c1cc(-c2ccc(F)c(Cl)c2)nc(C(C)(N)C[N+](=O)[O-])c1. The molecular weight excluding hydrogens is 439 g/mol. The Morgan fingerprint density at radius 3 is 2.38 bits per heavy atom. The lowest BCUT2D eigenvalue weighted by atomic mass is 9.89. The third-order valence-electron chi connectivity index (χ3n) is 4.62. The molecule has 0 saturated heterocycles. The number of benzene rings is 1. The van der Waals surface area contributed by atoms with Crippen molar-refractivity contribution in [2.24, 2.45) is 5.73 Å². The Morgan fingerprint density at radius 2 is 1.84 bits per heavy atom. The smallest absolute Gasteiger partial charge is 0.408 e. The third-order valence-corrected chi connectivity index (χ3v) is 4.91. The number of nitrogens with one attached hydrogen (secondary N) is 1. The number of carbonyl (C=O) groups excluding carboxylic acids is 1. The summed E-state index contributed by atoms with van der Waals surface area (Å²) in [7, 11) is 0. The normalized spacial score (nSPS) is 13.9. The van der Waals surface area contributed by atoms with Crippen LogP contribution < -0.4 is 11.1 Å². The highest BCUT2D eigenvalue weighted by molar-refractivity contribution is 6.31. The molecule has 1 unspecified atom stereocenters. The van der Waals surface area contributed by atoms with Crippen LogP contribution in [0, 0.1) is 15.9 Å². The van der Waals surface area contributed by atoms with E-state index in [4.69, 9.17) is 22.1 Å². The molecule has 2 aromatic rings. The maximum Gasteiger partial charge on any atom is 0.408 e. The molecule has 174 valence electrons. The first-order valence-electron chi connectivity index (χ1n) is 9.90. The number of hydrogen-bond acceptors (Lipinski definition) is 6. The van der Waals surface area contributed by atoms with Crippen LogP contribution in [0.15, 0.2) is 30.3 Å². The minimum Gasteiger partial charge on any atom is -0.444 e. The van der Waals surface area contributed by atoms with E-state index in [2.05, 4.69) is 10.3 Å². The lowest BCUT2D eigenvalue weighted by Crippen LogP contribution is -2.45. The van der Waals surface area contributed by atoms with Crippen molar-refractivity contribution in [1.29, 1.82) is 0 Å². The van der Waals surface area contributed by atoms with E-state index in [9.17, 15) is 19.3 Å². The van der Waals surface area contributed by atoms with Gasteiger partial charge in [0.25, 0.3) is 0 Å². The van der Waals surface area contributed by atoms with E-state index in [-0.39, 0.29) is 10.7 Å². The molecule has 0 radical (unpaired) electrons. The molecule has 0 spiro atoms. The molecule has 0 bridgehead atoms. The van der Waals surface area contributed by atoms with Crippen molar-refractivity contribution in [2.45, 2.75) is 58.2 Å². The summed E-state index contributed by atoms with van der Waals surface area (Å²) in [5.74, 6) is -0.587. The second-order valence-electron chi connectivity index (χ2n) is 9.42. The van der Waals surface area contributed by atoms with Crippen molar-refractivity contribution in [1.82, 2.24) is 10.3 Å². The number of carbonyl (C=O) groups is 1. The molecule has 1 heterocycles. The Labute approximate surface area is 191 Å². The summed E-state index contributed by atoms with van der Waals surface area (Å²) in [6.07, 6.45) is -0.631. The van der Waals surface area contributed by atoms with Gasteiger partial charge < -0.3 is 15.8 Å². The average Bonchev–Trinajstić information content (AvgIpc) is 2.60. The molecule has 10 heteroatoms. The topological polar surface area (TPSA) is 120 Å². The van der Waals surface area contributed by atoms with Crippen LogP contribution in [-0.2, 0) is 15.8 Å². The van der Waals surface area contributed by atoms with Gasteiger partial charge >= 0.3 is 6.09 Å². The number of amides is 1. The van der Waals surface area contributed by atoms with Crippen LogP contribution in [0.5, 0.6) is 0 Å². The zero-order valence-electron chi connectivity index (χ0n) is 19.0. The first kappa shape index (κ1) is 25.5. The number of nitro groups is 1. The molecule has 8 nitrogen and oxygen atoms in total. The van der Waals surface area contributed by atoms with Gasteiger partial charge in [-0.15, -0.1) is 0 Å². The Balaban J connectivity index is 2.60. The Morgan fingerprint density at radius 1 is 1.22 bits per heavy atom.